The van der Waals surface area contributed by atoms with Crippen LogP contribution in [-0.2, 0) is 14.8 Å². The number of hydrogen-bond acceptors (Lipinski definition) is 5. The van der Waals surface area contributed by atoms with Crippen molar-refractivity contribution in [1.82, 2.24) is 5.32 Å². The second-order valence-corrected chi connectivity index (χ2v) is 9.55. The normalized spacial score (nSPS) is 13.9. The van der Waals surface area contributed by atoms with Crippen molar-refractivity contribution in [2.45, 2.75) is 38.6 Å². The first-order valence-electron chi connectivity index (χ1n) is 10.2. The Morgan fingerprint density at radius 2 is 1.50 bits per heavy atom. The van der Waals surface area contributed by atoms with Gasteiger partial charge < -0.3 is 16.0 Å². The van der Waals surface area contributed by atoms with Gasteiger partial charge in [-0.25, -0.2) is 8.42 Å². The number of hydrogen-bond donors (Lipinski definition) is 4. The summed E-state index contributed by atoms with van der Waals surface area (Å²) < 4.78 is 25.6. The van der Waals surface area contributed by atoms with Crippen molar-refractivity contribution in [3.05, 3.63) is 53.6 Å². The van der Waals surface area contributed by atoms with Crippen LogP contribution < -0.4 is 20.7 Å². The molecule has 9 nitrogen and oxygen atoms in total. The Morgan fingerprint density at radius 1 is 0.875 bits per heavy atom. The molecule has 2 aromatic carbocycles. The summed E-state index contributed by atoms with van der Waals surface area (Å²) >= 11 is 0. The van der Waals surface area contributed by atoms with Gasteiger partial charge in [0.15, 0.2) is 0 Å². The van der Waals surface area contributed by atoms with E-state index in [9.17, 15) is 22.8 Å². The number of carbonyl (C=O) groups is 3. The van der Waals surface area contributed by atoms with Crippen LogP contribution in [0, 0.1) is 0 Å². The molecule has 0 spiro atoms. The molecule has 1 fully saturated rings. The number of sulfonamides is 1. The number of rotatable bonds is 7. The van der Waals surface area contributed by atoms with Crippen LogP contribution in [0.3, 0.4) is 0 Å². The van der Waals surface area contributed by atoms with E-state index in [1.165, 1.54) is 25.1 Å². The molecule has 2 aromatic rings. The van der Waals surface area contributed by atoms with E-state index in [4.69, 9.17) is 0 Å². The molecule has 0 bridgehead atoms. The quantitative estimate of drug-likeness (QED) is 0.506. The van der Waals surface area contributed by atoms with E-state index in [1.807, 2.05) is 0 Å². The maximum absolute atomic E-state index is 12.9. The Hall–Kier alpha value is -3.40. The van der Waals surface area contributed by atoms with Crippen LogP contribution in [0.15, 0.2) is 42.5 Å². The van der Waals surface area contributed by atoms with Gasteiger partial charge in [-0.3, -0.25) is 19.1 Å². The van der Waals surface area contributed by atoms with E-state index in [2.05, 4.69) is 20.7 Å². The van der Waals surface area contributed by atoms with Crippen molar-refractivity contribution in [2.24, 2.45) is 0 Å². The predicted octanol–water partition coefficient (Wildman–Crippen LogP) is 2.94. The zero-order chi connectivity index (χ0) is 23.3. The van der Waals surface area contributed by atoms with Gasteiger partial charge in [-0.2, -0.15) is 0 Å². The molecule has 0 saturated heterocycles. The van der Waals surface area contributed by atoms with Gasteiger partial charge >= 0.3 is 0 Å². The fraction of sp³-hybridized carbons (Fsp3) is 0.318. The topological polar surface area (TPSA) is 133 Å². The summed E-state index contributed by atoms with van der Waals surface area (Å²) in [7, 11) is -3.63. The molecule has 1 aliphatic rings. The van der Waals surface area contributed by atoms with Gasteiger partial charge in [0.25, 0.3) is 11.8 Å². The highest BCUT2D eigenvalue weighted by molar-refractivity contribution is 7.92. The molecule has 0 unspecified atom stereocenters. The first-order chi connectivity index (χ1) is 15.1. The van der Waals surface area contributed by atoms with E-state index in [-0.39, 0.29) is 29.1 Å². The summed E-state index contributed by atoms with van der Waals surface area (Å²) in [6, 6.07) is 10.9. The molecular formula is C22H26N4O5S. The van der Waals surface area contributed by atoms with Crippen LogP contribution in [-0.4, -0.2) is 38.4 Å². The Labute approximate surface area is 187 Å². The fourth-order valence-electron chi connectivity index (χ4n) is 3.54. The second-order valence-electron chi connectivity index (χ2n) is 7.80. The molecule has 10 heteroatoms. The summed E-state index contributed by atoms with van der Waals surface area (Å²) in [5.74, 6) is -1.06. The number of anilines is 3. The van der Waals surface area contributed by atoms with E-state index in [0.717, 1.165) is 31.9 Å². The van der Waals surface area contributed by atoms with Gasteiger partial charge in [0, 0.05) is 29.9 Å². The Kier molecular flexibility index (Phi) is 7.14. The number of amides is 3. The molecule has 0 atom stereocenters. The monoisotopic (exact) mass is 458 g/mol. The summed E-state index contributed by atoms with van der Waals surface area (Å²) in [4.78, 5) is 36.6. The number of nitrogens with one attached hydrogen (secondary N) is 4. The molecule has 1 aliphatic carbocycles. The minimum absolute atomic E-state index is 0.0322. The Bertz CT molecular complexity index is 1120. The van der Waals surface area contributed by atoms with E-state index in [0.29, 0.717) is 16.9 Å². The standard InChI is InChI=1S/C22H26N4O5S/c1-14(27)23-18-11-12-20(26-32(2,30)31)19(13-18)22(29)25-17-9-7-15(8-10-17)21(28)24-16-5-3-4-6-16/h7-13,16,26H,3-6H2,1-2H3,(H,23,27)(H,24,28)(H,25,29). The predicted molar refractivity (Wildman–Crippen MR) is 123 cm³/mol. The Morgan fingerprint density at radius 3 is 2.09 bits per heavy atom. The maximum atomic E-state index is 12.9. The highest BCUT2D eigenvalue weighted by atomic mass is 32.2. The van der Waals surface area contributed by atoms with Crippen molar-refractivity contribution in [3.63, 3.8) is 0 Å². The SMILES string of the molecule is CC(=O)Nc1ccc(NS(C)(=O)=O)c(C(=O)Nc2ccc(C(=O)NC3CCCC3)cc2)c1. The molecule has 0 aliphatic heterocycles. The van der Waals surface area contributed by atoms with Crippen LogP contribution in [0.5, 0.6) is 0 Å². The van der Waals surface area contributed by atoms with Crippen molar-refractivity contribution < 1.29 is 22.8 Å². The van der Waals surface area contributed by atoms with Crippen molar-refractivity contribution in [3.8, 4) is 0 Å². The molecule has 0 radical (unpaired) electrons. The van der Waals surface area contributed by atoms with Crippen LogP contribution in [0.2, 0.25) is 0 Å². The molecule has 0 aromatic heterocycles. The van der Waals surface area contributed by atoms with Gasteiger partial charge in [-0.05, 0) is 55.3 Å². The minimum atomic E-state index is -3.63. The number of carbonyl (C=O) groups excluding carboxylic acids is 3. The first-order valence-corrected chi connectivity index (χ1v) is 12.1. The maximum Gasteiger partial charge on any atom is 0.257 e. The van der Waals surface area contributed by atoms with E-state index in [1.54, 1.807) is 24.3 Å². The van der Waals surface area contributed by atoms with Gasteiger partial charge in [0.2, 0.25) is 15.9 Å². The average Bonchev–Trinajstić information content (AvgIpc) is 3.21. The largest absolute Gasteiger partial charge is 0.349 e. The average molecular weight is 459 g/mol. The molecule has 3 amide bonds. The first kappa shape index (κ1) is 23.3. The van der Waals surface area contributed by atoms with Gasteiger partial charge in [0.1, 0.15) is 0 Å². The summed E-state index contributed by atoms with van der Waals surface area (Å²) in [5.41, 5.74) is 1.38. The van der Waals surface area contributed by atoms with Gasteiger partial charge in [0.05, 0.1) is 17.5 Å². The summed E-state index contributed by atoms with van der Waals surface area (Å²) in [6.45, 7) is 1.33. The zero-order valence-electron chi connectivity index (χ0n) is 17.9. The van der Waals surface area contributed by atoms with Gasteiger partial charge in [-0.15, -0.1) is 0 Å². The third kappa shape index (κ3) is 6.55. The minimum Gasteiger partial charge on any atom is -0.349 e. The van der Waals surface area contributed by atoms with Crippen LogP contribution in [0.4, 0.5) is 17.1 Å². The molecular weight excluding hydrogens is 432 g/mol. The molecule has 32 heavy (non-hydrogen) atoms. The van der Waals surface area contributed by atoms with E-state index >= 15 is 0 Å². The van der Waals surface area contributed by atoms with Crippen molar-refractivity contribution in [2.75, 3.05) is 21.6 Å². The highest BCUT2D eigenvalue weighted by Gasteiger charge is 2.19. The van der Waals surface area contributed by atoms with Crippen LogP contribution in [0.1, 0.15) is 53.3 Å². The molecule has 3 rings (SSSR count). The lowest BCUT2D eigenvalue weighted by Gasteiger charge is -2.14. The Balaban J connectivity index is 1.76. The lowest BCUT2D eigenvalue weighted by molar-refractivity contribution is -0.114. The van der Waals surface area contributed by atoms with Crippen LogP contribution in [0.25, 0.3) is 0 Å². The number of benzene rings is 2. The van der Waals surface area contributed by atoms with Crippen LogP contribution >= 0.6 is 0 Å². The van der Waals surface area contributed by atoms with E-state index < -0.39 is 15.9 Å². The molecule has 1 saturated carbocycles. The second kappa shape index (κ2) is 9.82. The molecule has 4 N–H and O–H groups in total. The summed E-state index contributed by atoms with van der Waals surface area (Å²) in [6.07, 6.45) is 5.19. The third-order valence-corrected chi connectivity index (χ3v) is 5.57. The molecule has 170 valence electrons. The fourth-order valence-corrected chi connectivity index (χ4v) is 4.12. The van der Waals surface area contributed by atoms with Gasteiger partial charge in [-0.1, -0.05) is 12.8 Å². The lowest BCUT2D eigenvalue weighted by atomic mass is 10.1. The smallest absolute Gasteiger partial charge is 0.257 e. The zero-order valence-corrected chi connectivity index (χ0v) is 18.7. The summed E-state index contributed by atoms with van der Waals surface area (Å²) in [5, 5.41) is 8.26. The molecule has 0 heterocycles. The van der Waals surface area contributed by atoms with Crippen molar-refractivity contribution >= 4 is 44.8 Å². The highest BCUT2D eigenvalue weighted by Crippen LogP contribution is 2.24. The third-order valence-electron chi connectivity index (χ3n) is 4.98. The van der Waals surface area contributed by atoms with Crippen molar-refractivity contribution in [1.29, 1.82) is 0 Å². The lowest BCUT2D eigenvalue weighted by Crippen LogP contribution is -2.32.